The third kappa shape index (κ3) is 4.97. The molecule has 98 valence electrons. The van der Waals surface area contributed by atoms with E-state index in [0.717, 1.165) is 38.3 Å². The number of piperidine rings is 1. The van der Waals surface area contributed by atoms with E-state index in [9.17, 15) is 4.79 Å². The summed E-state index contributed by atoms with van der Waals surface area (Å²) in [5.74, 6) is 1.55. The number of amides is 1. The normalized spacial score (nSPS) is 19.8. The Morgan fingerprint density at radius 3 is 3.06 bits per heavy atom. The summed E-state index contributed by atoms with van der Waals surface area (Å²) in [6.45, 7) is 9.43. The SMILES string of the molecule is C=C(NCC)N1CCCC(CCOC(N)=O)C1. The van der Waals surface area contributed by atoms with Crippen molar-refractivity contribution in [3.05, 3.63) is 12.4 Å². The number of carbonyl (C=O) groups is 1. The maximum atomic E-state index is 10.5. The van der Waals surface area contributed by atoms with Gasteiger partial charge in [0.1, 0.15) is 0 Å². The molecule has 0 radical (unpaired) electrons. The molecule has 0 aliphatic carbocycles. The molecule has 0 aromatic carbocycles. The average molecular weight is 241 g/mol. The van der Waals surface area contributed by atoms with E-state index in [1.165, 1.54) is 6.42 Å². The largest absolute Gasteiger partial charge is 0.450 e. The van der Waals surface area contributed by atoms with Crippen LogP contribution in [0.4, 0.5) is 4.79 Å². The van der Waals surface area contributed by atoms with Gasteiger partial charge in [-0.3, -0.25) is 0 Å². The van der Waals surface area contributed by atoms with Crippen molar-refractivity contribution in [2.45, 2.75) is 26.2 Å². The van der Waals surface area contributed by atoms with Crippen molar-refractivity contribution in [3.8, 4) is 0 Å². The number of nitrogens with two attached hydrogens (primary N) is 1. The van der Waals surface area contributed by atoms with Crippen molar-refractivity contribution >= 4 is 6.09 Å². The van der Waals surface area contributed by atoms with Gasteiger partial charge in [-0.2, -0.15) is 0 Å². The van der Waals surface area contributed by atoms with E-state index in [-0.39, 0.29) is 0 Å². The van der Waals surface area contributed by atoms with Crippen LogP contribution in [0.2, 0.25) is 0 Å². The minimum absolute atomic E-state index is 0.418. The van der Waals surface area contributed by atoms with E-state index in [1.54, 1.807) is 0 Å². The fourth-order valence-corrected chi connectivity index (χ4v) is 2.19. The van der Waals surface area contributed by atoms with Crippen LogP contribution in [0.3, 0.4) is 0 Å². The minimum Gasteiger partial charge on any atom is -0.450 e. The van der Waals surface area contributed by atoms with Gasteiger partial charge >= 0.3 is 6.09 Å². The number of nitrogens with one attached hydrogen (secondary N) is 1. The van der Waals surface area contributed by atoms with Gasteiger partial charge < -0.3 is 20.7 Å². The van der Waals surface area contributed by atoms with Gasteiger partial charge in [0.2, 0.25) is 0 Å². The highest BCUT2D eigenvalue weighted by Gasteiger charge is 2.20. The molecular weight excluding hydrogens is 218 g/mol. The zero-order valence-electron chi connectivity index (χ0n) is 10.6. The van der Waals surface area contributed by atoms with E-state index >= 15 is 0 Å². The van der Waals surface area contributed by atoms with Crippen molar-refractivity contribution < 1.29 is 9.53 Å². The van der Waals surface area contributed by atoms with Crippen LogP contribution in [0.5, 0.6) is 0 Å². The number of hydrogen-bond donors (Lipinski definition) is 2. The monoisotopic (exact) mass is 241 g/mol. The van der Waals surface area contributed by atoms with Crippen molar-refractivity contribution in [2.75, 3.05) is 26.2 Å². The third-order valence-corrected chi connectivity index (χ3v) is 3.05. The second kappa shape index (κ2) is 7.04. The topological polar surface area (TPSA) is 67.6 Å². The molecule has 1 saturated heterocycles. The summed E-state index contributed by atoms with van der Waals surface area (Å²) in [5.41, 5.74) is 4.93. The second-order valence-corrected chi connectivity index (χ2v) is 4.39. The molecule has 0 bridgehead atoms. The molecule has 1 heterocycles. The molecule has 1 atom stereocenters. The molecular formula is C12H23N3O2. The van der Waals surface area contributed by atoms with Crippen LogP contribution in [0.1, 0.15) is 26.2 Å². The maximum absolute atomic E-state index is 10.5. The van der Waals surface area contributed by atoms with Gasteiger partial charge in [-0.05, 0) is 32.1 Å². The van der Waals surface area contributed by atoms with E-state index in [4.69, 9.17) is 10.5 Å². The van der Waals surface area contributed by atoms with Crippen LogP contribution in [-0.2, 0) is 4.74 Å². The molecule has 1 aliphatic heterocycles. The van der Waals surface area contributed by atoms with Gasteiger partial charge in [-0.25, -0.2) is 4.79 Å². The van der Waals surface area contributed by atoms with Crippen molar-refractivity contribution in [1.29, 1.82) is 0 Å². The Morgan fingerprint density at radius 2 is 2.41 bits per heavy atom. The first-order valence-corrected chi connectivity index (χ1v) is 6.23. The highest BCUT2D eigenvalue weighted by atomic mass is 16.5. The summed E-state index contributed by atoms with van der Waals surface area (Å²) < 4.78 is 4.77. The number of hydrogen-bond acceptors (Lipinski definition) is 4. The Kier molecular flexibility index (Phi) is 5.66. The Labute approximate surface area is 103 Å². The van der Waals surface area contributed by atoms with Gasteiger partial charge in [0.15, 0.2) is 0 Å². The summed E-state index contributed by atoms with van der Waals surface area (Å²) in [5, 5.41) is 3.24. The molecule has 1 rings (SSSR count). The quantitative estimate of drug-likeness (QED) is 0.734. The molecule has 1 aliphatic rings. The number of nitrogens with zero attached hydrogens (tertiary/aromatic N) is 1. The van der Waals surface area contributed by atoms with Gasteiger partial charge in [-0.15, -0.1) is 0 Å². The molecule has 1 amide bonds. The number of carbonyl (C=O) groups excluding carboxylic acids is 1. The average Bonchev–Trinajstić information content (AvgIpc) is 2.29. The van der Waals surface area contributed by atoms with Crippen LogP contribution in [0, 0.1) is 5.92 Å². The number of likely N-dealkylation sites (tertiary alicyclic amines) is 1. The minimum atomic E-state index is -0.685. The van der Waals surface area contributed by atoms with Crippen molar-refractivity contribution in [2.24, 2.45) is 11.7 Å². The lowest BCUT2D eigenvalue weighted by Crippen LogP contribution is -2.39. The molecule has 17 heavy (non-hydrogen) atoms. The second-order valence-electron chi connectivity index (χ2n) is 4.39. The van der Waals surface area contributed by atoms with E-state index in [1.807, 2.05) is 0 Å². The number of rotatable bonds is 6. The molecule has 0 aromatic rings. The molecule has 5 heteroatoms. The molecule has 1 fully saturated rings. The smallest absolute Gasteiger partial charge is 0.404 e. The number of ether oxygens (including phenoxy) is 1. The van der Waals surface area contributed by atoms with Crippen LogP contribution in [0.15, 0.2) is 12.4 Å². The van der Waals surface area contributed by atoms with Crippen LogP contribution in [-0.4, -0.2) is 37.2 Å². The third-order valence-electron chi connectivity index (χ3n) is 3.05. The van der Waals surface area contributed by atoms with Crippen LogP contribution >= 0.6 is 0 Å². The predicted octanol–water partition coefficient (Wildman–Crippen LogP) is 1.26. The molecule has 1 unspecified atom stereocenters. The maximum Gasteiger partial charge on any atom is 0.404 e. The molecule has 5 nitrogen and oxygen atoms in total. The first-order chi connectivity index (χ1) is 8.13. The Bertz CT molecular complexity index is 268. The summed E-state index contributed by atoms with van der Waals surface area (Å²) in [6.07, 6.45) is 2.53. The fourth-order valence-electron chi connectivity index (χ4n) is 2.19. The zero-order chi connectivity index (χ0) is 12.7. The molecule has 3 N–H and O–H groups in total. The van der Waals surface area contributed by atoms with Crippen molar-refractivity contribution in [3.63, 3.8) is 0 Å². The lowest BCUT2D eigenvalue weighted by molar-refractivity contribution is 0.132. The van der Waals surface area contributed by atoms with Crippen molar-refractivity contribution in [1.82, 2.24) is 10.2 Å². The summed E-state index contributed by atoms with van der Waals surface area (Å²) in [7, 11) is 0. The first-order valence-electron chi connectivity index (χ1n) is 6.23. The molecule has 0 aromatic heterocycles. The lowest BCUT2D eigenvalue weighted by Gasteiger charge is -2.35. The van der Waals surface area contributed by atoms with Gasteiger partial charge in [0, 0.05) is 19.6 Å². The highest BCUT2D eigenvalue weighted by molar-refractivity contribution is 5.64. The van der Waals surface area contributed by atoms with E-state index in [0.29, 0.717) is 12.5 Å². The fraction of sp³-hybridized carbons (Fsp3) is 0.750. The number of primary amides is 1. The summed E-state index contributed by atoms with van der Waals surface area (Å²) in [6, 6.07) is 0. The summed E-state index contributed by atoms with van der Waals surface area (Å²) >= 11 is 0. The Morgan fingerprint density at radius 1 is 1.65 bits per heavy atom. The van der Waals surface area contributed by atoms with E-state index in [2.05, 4.69) is 23.7 Å². The molecule has 0 saturated carbocycles. The van der Waals surface area contributed by atoms with Crippen LogP contribution in [0.25, 0.3) is 0 Å². The standard InChI is InChI=1S/C12H23N3O2/c1-3-14-10(2)15-7-4-5-11(9-15)6-8-17-12(13)16/h11,14H,2-9H2,1H3,(H2,13,16). The Hall–Kier alpha value is -1.39. The highest BCUT2D eigenvalue weighted by Crippen LogP contribution is 2.21. The summed E-state index contributed by atoms with van der Waals surface area (Å²) in [4.78, 5) is 12.7. The van der Waals surface area contributed by atoms with E-state index < -0.39 is 6.09 Å². The van der Waals surface area contributed by atoms with Gasteiger partial charge in [-0.1, -0.05) is 6.58 Å². The van der Waals surface area contributed by atoms with Crippen LogP contribution < -0.4 is 11.1 Å². The predicted molar refractivity (Wildman–Crippen MR) is 67.3 cm³/mol. The molecule has 0 spiro atoms. The first kappa shape index (κ1) is 13.7. The Balaban J connectivity index is 2.28. The van der Waals surface area contributed by atoms with Gasteiger partial charge in [0.05, 0.1) is 12.4 Å². The van der Waals surface area contributed by atoms with Gasteiger partial charge in [0.25, 0.3) is 0 Å². The zero-order valence-corrected chi connectivity index (χ0v) is 10.6. The lowest BCUT2D eigenvalue weighted by atomic mass is 9.95.